The number of aromatic carboxylic acids is 1. The molecule has 7 nitrogen and oxygen atoms in total. The van der Waals surface area contributed by atoms with Gasteiger partial charge in [0, 0.05) is 11.8 Å². The minimum absolute atomic E-state index is 0.00264. The number of carbonyl (C=O) groups excluding carboxylic acids is 1. The third-order valence-electron chi connectivity index (χ3n) is 5.91. The molecule has 2 N–H and O–H groups in total. The molecular weight excluding hydrogens is 520 g/mol. The number of alkyl halides is 2. The van der Waals surface area contributed by atoms with E-state index in [0.29, 0.717) is 11.2 Å². The summed E-state index contributed by atoms with van der Waals surface area (Å²) in [6, 6.07) is 7.73. The monoisotopic (exact) mass is 538 g/mol. The lowest BCUT2D eigenvalue weighted by Crippen LogP contribution is -2.37. The van der Waals surface area contributed by atoms with Gasteiger partial charge in [-0.2, -0.15) is 13.5 Å². The largest absolute Gasteiger partial charge is 0.618 e. The molecule has 194 valence electrons. The molecule has 1 amide bonds. The zero-order valence-electron chi connectivity index (χ0n) is 18.9. The molecule has 1 aliphatic rings. The molecule has 0 spiro atoms. The molecule has 37 heavy (non-hydrogen) atoms. The van der Waals surface area contributed by atoms with Crippen molar-refractivity contribution < 1.29 is 41.7 Å². The van der Waals surface area contributed by atoms with Gasteiger partial charge in [-0.25, -0.2) is 13.6 Å². The number of nitrogens with one attached hydrogen (secondary N) is 1. The second kappa shape index (κ2) is 10.6. The molecule has 1 atom stereocenters. The second-order valence-corrected chi connectivity index (χ2v) is 8.91. The van der Waals surface area contributed by atoms with Crippen molar-refractivity contribution in [2.75, 3.05) is 5.32 Å². The van der Waals surface area contributed by atoms with E-state index in [1.807, 2.05) is 0 Å². The Kier molecular flexibility index (Phi) is 7.53. The molecule has 0 saturated heterocycles. The first-order valence-corrected chi connectivity index (χ1v) is 11.4. The zero-order chi connectivity index (χ0) is 26.9. The molecule has 1 fully saturated rings. The number of carboxylic acids is 1. The summed E-state index contributed by atoms with van der Waals surface area (Å²) in [7, 11) is 0. The summed E-state index contributed by atoms with van der Waals surface area (Å²) in [5, 5.41) is 24.1. The van der Waals surface area contributed by atoms with E-state index in [0.717, 1.165) is 43.3 Å². The number of hydrogen-bond donors (Lipinski definition) is 2. The number of carbonyl (C=O) groups is 2. The van der Waals surface area contributed by atoms with Crippen LogP contribution in [0.5, 0.6) is 5.75 Å². The van der Waals surface area contributed by atoms with Crippen molar-refractivity contribution in [3.05, 3.63) is 81.8 Å². The van der Waals surface area contributed by atoms with Gasteiger partial charge in [0.25, 0.3) is 0 Å². The fourth-order valence-electron chi connectivity index (χ4n) is 3.95. The van der Waals surface area contributed by atoms with Crippen molar-refractivity contribution in [2.24, 2.45) is 5.92 Å². The summed E-state index contributed by atoms with van der Waals surface area (Å²) in [6.45, 7) is -3.25. The van der Waals surface area contributed by atoms with E-state index in [-0.39, 0.29) is 27.9 Å². The van der Waals surface area contributed by atoms with Crippen molar-refractivity contribution in [1.82, 2.24) is 0 Å². The molecule has 0 bridgehead atoms. The second-order valence-electron chi connectivity index (χ2n) is 8.50. The predicted octanol–water partition coefficient (Wildman–Crippen LogP) is 5.74. The highest BCUT2D eigenvalue weighted by molar-refractivity contribution is 6.31. The van der Waals surface area contributed by atoms with Gasteiger partial charge in [-0.1, -0.05) is 24.4 Å². The number of anilines is 1. The number of amides is 1. The Bertz CT molecular complexity index is 1370. The normalized spacial score (nSPS) is 13.9. The average molecular weight is 539 g/mol. The van der Waals surface area contributed by atoms with Crippen LogP contribution in [0.15, 0.2) is 48.7 Å². The highest BCUT2D eigenvalue weighted by atomic mass is 35.5. The number of ether oxygens (including phenoxy) is 1. The SMILES string of the molecule is O=C(O)c1ccc(NC(=O)C(CC2CC2)c2ccc(-c3c(OC(F)F)ccc(Cl)c3F)c[n+]2[O-])cc1F. The van der Waals surface area contributed by atoms with Crippen LogP contribution in [0.1, 0.15) is 41.2 Å². The van der Waals surface area contributed by atoms with Crippen molar-refractivity contribution in [1.29, 1.82) is 0 Å². The van der Waals surface area contributed by atoms with Gasteiger partial charge < -0.3 is 20.4 Å². The number of carboxylic acid groups (broad SMARTS) is 1. The van der Waals surface area contributed by atoms with Crippen LogP contribution in [0.3, 0.4) is 0 Å². The first kappa shape index (κ1) is 26.2. The molecule has 0 radical (unpaired) electrons. The maximum atomic E-state index is 14.8. The Hall–Kier alpha value is -3.86. The fraction of sp³-hybridized carbons (Fsp3) is 0.240. The maximum Gasteiger partial charge on any atom is 0.387 e. The Morgan fingerprint density at radius 2 is 1.89 bits per heavy atom. The number of pyridine rings is 1. The smallest absolute Gasteiger partial charge is 0.387 e. The number of halogens is 5. The van der Waals surface area contributed by atoms with Gasteiger partial charge in [0.2, 0.25) is 11.6 Å². The molecule has 0 aliphatic heterocycles. The molecule has 3 aromatic rings. The van der Waals surface area contributed by atoms with E-state index >= 15 is 0 Å². The van der Waals surface area contributed by atoms with Crippen LogP contribution in [0.4, 0.5) is 23.2 Å². The molecule has 1 heterocycles. The summed E-state index contributed by atoms with van der Waals surface area (Å²) >= 11 is 5.80. The minimum atomic E-state index is -3.25. The average Bonchev–Trinajstić information content (AvgIpc) is 3.64. The van der Waals surface area contributed by atoms with Crippen molar-refractivity contribution in [3.8, 4) is 16.9 Å². The van der Waals surface area contributed by atoms with Gasteiger partial charge in [-0.15, -0.1) is 0 Å². The third-order valence-corrected chi connectivity index (χ3v) is 6.20. The Morgan fingerprint density at radius 3 is 2.49 bits per heavy atom. The molecular formula is C25H19ClF4N2O5. The quantitative estimate of drug-likeness (QED) is 0.205. The number of rotatable bonds is 9. The zero-order valence-corrected chi connectivity index (χ0v) is 19.6. The lowest BCUT2D eigenvalue weighted by Gasteiger charge is -2.18. The highest BCUT2D eigenvalue weighted by Gasteiger charge is 2.35. The van der Waals surface area contributed by atoms with E-state index in [4.69, 9.17) is 16.7 Å². The van der Waals surface area contributed by atoms with Crippen LogP contribution in [0.25, 0.3) is 11.1 Å². The van der Waals surface area contributed by atoms with Crippen LogP contribution in [-0.2, 0) is 4.79 Å². The molecule has 1 aliphatic carbocycles. The van der Waals surface area contributed by atoms with Gasteiger partial charge in [0.15, 0.2) is 12.0 Å². The summed E-state index contributed by atoms with van der Waals surface area (Å²) in [5.74, 6) is -5.54. The molecule has 1 aromatic heterocycles. The van der Waals surface area contributed by atoms with E-state index in [9.17, 15) is 32.4 Å². The molecule has 2 aromatic carbocycles. The summed E-state index contributed by atoms with van der Waals surface area (Å²) in [5.41, 5.74) is -1.12. The predicted molar refractivity (Wildman–Crippen MR) is 125 cm³/mol. The number of hydrogen-bond acceptors (Lipinski definition) is 4. The molecule has 4 rings (SSSR count). The molecule has 1 unspecified atom stereocenters. The van der Waals surface area contributed by atoms with Gasteiger partial charge in [-0.3, -0.25) is 4.79 Å². The van der Waals surface area contributed by atoms with Gasteiger partial charge in [-0.05, 0) is 48.7 Å². The topological polar surface area (TPSA) is 103 Å². The lowest BCUT2D eigenvalue weighted by molar-refractivity contribution is -0.614. The standard InChI is InChI=1S/C25H19ClF4N2O5/c26-17-6-8-20(37-25(29)30)21(22(17)28)13-3-7-19(32(36)11-13)16(9-12-1-2-12)23(33)31-14-4-5-15(24(34)35)18(27)10-14/h3-8,10-12,16,25H,1-2,9H2,(H,31,33)(H,34,35). The van der Waals surface area contributed by atoms with E-state index in [2.05, 4.69) is 10.1 Å². The van der Waals surface area contributed by atoms with Crippen LogP contribution in [0, 0.1) is 22.8 Å². The molecule has 1 saturated carbocycles. The summed E-state index contributed by atoms with van der Waals surface area (Å²) in [6.07, 6.45) is 2.93. The Balaban J connectivity index is 1.66. The van der Waals surface area contributed by atoms with Crippen LogP contribution in [-0.4, -0.2) is 23.6 Å². The highest BCUT2D eigenvalue weighted by Crippen LogP contribution is 2.40. The summed E-state index contributed by atoms with van der Waals surface area (Å²) in [4.78, 5) is 24.1. The minimum Gasteiger partial charge on any atom is -0.618 e. The van der Waals surface area contributed by atoms with Crippen LogP contribution in [0.2, 0.25) is 5.02 Å². The van der Waals surface area contributed by atoms with Gasteiger partial charge >= 0.3 is 12.6 Å². The van der Waals surface area contributed by atoms with Crippen LogP contribution < -0.4 is 14.8 Å². The van der Waals surface area contributed by atoms with E-state index in [1.54, 1.807) is 0 Å². The van der Waals surface area contributed by atoms with E-state index < -0.39 is 52.9 Å². The summed E-state index contributed by atoms with van der Waals surface area (Å²) < 4.78 is 59.2. The Labute approximate surface area is 212 Å². The third kappa shape index (κ3) is 5.93. The Morgan fingerprint density at radius 1 is 1.16 bits per heavy atom. The lowest BCUT2D eigenvalue weighted by atomic mass is 9.95. The number of nitrogens with zero attached hydrogens (tertiary/aromatic N) is 1. The maximum absolute atomic E-state index is 14.8. The van der Waals surface area contributed by atoms with Gasteiger partial charge in [0.05, 0.1) is 21.7 Å². The first-order chi connectivity index (χ1) is 17.5. The number of aromatic nitrogens is 1. The fourth-order valence-corrected chi connectivity index (χ4v) is 4.11. The van der Waals surface area contributed by atoms with Gasteiger partial charge in [0.1, 0.15) is 17.5 Å². The van der Waals surface area contributed by atoms with Crippen molar-refractivity contribution >= 4 is 29.2 Å². The van der Waals surface area contributed by atoms with E-state index in [1.165, 1.54) is 18.2 Å². The van der Waals surface area contributed by atoms with Crippen molar-refractivity contribution in [2.45, 2.75) is 31.8 Å². The van der Waals surface area contributed by atoms with Crippen LogP contribution >= 0.6 is 11.6 Å². The molecule has 12 heteroatoms. The number of benzene rings is 2. The first-order valence-electron chi connectivity index (χ1n) is 11.0. The van der Waals surface area contributed by atoms with Crippen molar-refractivity contribution in [3.63, 3.8) is 0 Å².